The van der Waals surface area contributed by atoms with Crippen molar-refractivity contribution in [1.29, 1.82) is 0 Å². The zero-order valence-electron chi connectivity index (χ0n) is 11.9. The topological polar surface area (TPSA) is 68.5 Å². The number of nitrogens with one attached hydrogen (secondary N) is 1. The summed E-state index contributed by atoms with van der Waals surface area (Å²) in [6, 6.07) is 5.22. The number of aliphatic hydroxyl groups excluding tert-OH is 1. The number of anilines is 1. The summed E-state index contributed by atoms with van der Waals surface area (Å²) >= 11 is 6.09. The Morgan fingerprint density at radius 3 is 2.71 bits per heavy atom. The SMILES string of the molecule is COc1cc(OC)c(NCC(O)Cn2cccn2)cc1Cl. The zero-order chi connectivity index (χ0) is 15.2. The quantitative estimate of drug-likeness (QED) is 0.819. The molecule has 0 fully saturated rings. The summed E-state index contributed by atoms with van der Waals surface area (Å²) in [4.78, 5) is 0. The molecule has 1 atom stereocenters. The van der Waals surface area contributed by atoms with Gasteiger partial charge >= 0.3 is 0 Å². The number of aliphatic hydroxyl groups is 1. The van der Waals surface area contributed by atoms with Crippen molar-refractivity contribution in [2.75, 3.05) is 26.1 Å². The van der Waals surface area contributed by atoms with E-state index < -0.39 is 6.10 Å². The van der Waals surface area contributed by atoms with E-state index in [4.69, 9.17) is 21.1 Å². The van der Waals surface area contributed by atoms with E-state index in [0.29, 0.717) is 35.3 Å². The summed E-state index contributed by atoms with van der Waals surface area (Å²) in [5, 5.41) is 17.6. The van der Waals surface area contributed by atoms with Gasteiger partial charge < -0.3 is 19.9 Å². The first-order valence-electron chi connectivity index (χ1n) is 6.45. The first-order valence-corrected chi connectivity index (χ1v) is 6.82. The highest BCUT2D eigenvalue weighted by molar-refractivity contribution is 6.32. The number of methoxy groups -OCH3 is 2. The number of hydrogen-bond donors (Lipinski definition) is 2. The number of halogens is 1. The maximum absolute atomic E-state index is 9.99. The maximum atomic E-state index is 9.99. The van der Waals surface area contributed by atoms with Gasteiger partial charge in [0.2, 0.25) is 0 Å². The Kier molecular flexibility index (Phi) is 5.30. The van der Waals surface area contributed by atoms with E-state index in [1.807, 2.05) is 6.07 Å². The van der Waals surface area contributed by atoms with Gasteiger partial charge in [0.15, 0.2) is 0 Å². The molecule has 0 radical (unpaired) electrons. The maximum Gasteiger partial charge on any atom is 0.145 e. The van der Waals surface area contributed by atoms with Crippen LogP contribution in [0.3, 0.4) is 0 Å². The Labute approximate surface area is 128 Å². The second-order valence-corrected chi connectivity index (χ2v) is 4.86. The lowest BCUT2D eigenvalue weighted by Gasteiger charge is -2.16. The van der Waals surface area contributed by atoms with Crippen LogP contribution in [0.4, 0.5) is 5.69 Å². The molecule has 2 rings (SSSR count). The predicted octanol–water partition coefficient (Wildman–Crippen LogP) is 2.03. The van der Waals surface area contributed by atoms with E-state index in [1.165, 1.54) is 0 Å². The number of nitrogens with zero attached hydrogens (tertiary/aromatic N) is 2. The molecule has 0 bridgehead atoms. The molecule has 1 heterocycles. The van der Waals surface area contributed by atoms with E-state index >= 15 is 0 Å². The molecule has 0 aliphatic carbocycles. The summed E-state index contributed by atoms with van der Waals surface area (Å²) in [5.74, 6) is 1.14. The summed E-state index contributed by atoms with van der Waals surface area (Å²) in [6.07, 6.45) is 2.89. The fourth-order valence-electron chi connectivity index (χ4n) is 1.91. The largest absolute Gasteiger partial charge is 0.495 e. The van der Waals surface area contributed by atoms with Crippen molar-refractivity contribution in [1.82, 2.24) is 9.78 Å². The van der Waals surface area contributed by atoms with Crippen LogP contribution >= 0.6 is 11.6 Å². The van der Waals surface area contributed by atoms with Crippen molar-refractivity contribution in [2.24, 2.45) is 0 Å². The van der Waals surface area contributed by atoms with Gasteiger partial charge in [0.1, 0.15) is 11.5 Å². The fourth-order valence-corrected chi connectivity index (χ4v) is 2.16. The van der Waals surface area contributed by atoms with Crippen molar-refractivity contribution in [3.05, 3.63) is 35.6 Å². The van der Waals surface area contributed by atoms with Crippen molar-refractivity contribution in [3.63, 3.8) is 0 Å². The highest BCUT2D eigenvalue weighted by Gasteiger charge is 2.11. The molecule has 6 nitrogen and oxygen atoms in total. The average Bonchev–Trinajstić information content (AvgIpc) is 2.98. The van der Waals surface area contributed by atoms with Crippen LogP contribution in [0.25, 0.3) is 0 Å². The van der Waals surface area contributed by atoms with E-state index in [0.717, 1.165) is 0 Å². The molecule has 0 spiro atoms. The van der Waals surface area contributed by atoms with Gasteiger partial charge in [0.25, 0.3) is 0 Å². The van der Waals surface area contributed by atoms with Crippen LogP contribution in [0, 0.1) is 0 Å². The second kappa shape index (κ2) is 7.19. The highest BCUT2D eigenvalue weighted by atomic mass is 35.5. The van der Waals surface area contributed by atoms with Crippen LogP contribution in [-0.4, -0.2) is 41.8 Å². The minimum atomic E-state index is -0.588. The van der Waals surface area contributed by atoms with Crippen molar-refractivity contribution in [2.45, 2.75) is 12.6 Å². The minimum absolute atomic E-state index is 0.346. The number of benzene rings is 1. The van der Waals surface area contributed by atoms with Gasteiger partial charge in [-0.3, -0.25) is 4.68 Å². The monoisotopic (exact) mass is 311 g/mol. The summed E-state index contributed by atoms with van der Waals surface area (Å²) < 4.78 is 12.1. The second-order valence-electron chi connectivity index (χ2n) is 4.45. The normalized spacial score (nSPS) is 12.0. The highest BCUT2D eigenvalue weighted by Crippen LogP contribution is 2.35. The molecule has 114 valence electrons. The Morgan fingerprint density at radius 2 is 2.10 bits per heavy atom. The molecule has 1 aromatic carbocycles. The molecule has 0 saturated heterocycles. The van der Waals surface area contributed by atoms with Crippen molar-refractivity contribution in [3.8, 4) is 11.5 Å². The van der Waals surface area contributed by atoms with E-state index in [-0.39, 0.29) is 0 Å². The molecular formula is C14H18ClN3O3. The van der Waals surface area contributed by atoms with Gasteiger partial charge in [-0.15, -0.1) is 0 Å². The first-order chi connectivity index (χ1) is 10.1. The fraction of sp³-hybridized carbons (Fsp3) is 0.357. The van der Waals surface area contributed by atoms with Crippen molar-refractivity contribution >= 4 is 17.3 Å². The molecule has 1 unspecified atom stereocenters. The lowest BCUT2D eigenvalue weighted by Crippen LogP contribution is -2.25. The Hall–Kier alpha value is -1.92. The number of ether oxygens (including phenoxy) is 2. The molecule has 0 amide bonds. The van der Waals surface area contributed by atoms with Gasteiger partial charge in [0.05, 0.1) is 37.6 Å². The number of rotatable bonds is 7. The smallest absolute Gasteiger partial charge is 0.145 e. The lowest BCUT2D eigenvalue weighted by atomic mass is 10.2. The van der Waals surface area contributed by atoms with Gasteiger partial charge in [-0.05, 0) is 12.1 Å². The molecule has 2 N–H and O–H groups in total. The Bertz CT molecular complexity index is 575. The molecular weight excluding hydrogens is 294 g/mol. The average molecular weight is 312 g/mol. The molecule has 21 heavy (non-hydrogen) atoms. The summed E-state index contributed by atoms with van der Waals surface area (Å²) in [6.45, 7) is 0.755. The molecule has 7 heteroatoms. The van der Waals surface area contributed by atoms with Gasteiger partial charge in [-0.1, -0.05) is 11.6 Å². The van der Waals surface area contributed by atoms with Crippen LogP contribution in [0.2, 0.25) is 5.02 Å². The predicted molar refractivity (Wildman–Crippen MR) is 81.3 cm³/mol. The summed E-state index contributed by atoms with van der Waals surface area (Å²) in [7, 11) is 3.11. The van der Waals surface area contributed by atoms with Crippen molar-refractivity contribution < 1.29 is 14.6 Å². The lowest BCUT2D eigenvalue weighted by molar-refractivity contribution is 0.161. The third-order valence-corrected chi connectivity index (χ3v) is 3.25. The molecule has 1 aromatic heterocycles. The number of aromatic nitrogens is 2. The van der Waals surface area contributed by atoms with Crippen LogP contribution in [0.5, 0.6) is 11.5 Å². The van der Waals surface area contributed by atoms with E-state index in [2.05, 4.69) is 10.4 Å². The Morgan fingerprint density at radius 1 is 1.33 bits per heavy atom. The molecule has 2 aromatic rings. The van der Waals surface area contributed by atoms with Gasteiger partial charge in [0, 0.05) is 25.0 Å². The molecule has 0 aliphatic heterocycles. The molecule has 0 aliphatic rings. The van der Waals surface area contributed by atoms with E-state index in [9.17, 15) is 5.11 Å². The van der Waals surface area contributed by atoms with Crippen LogP contribution in [0.15, 0.2) is 30.6 Å². The van der Waals surface area contributed by atoms with Crippen LogP contribution < -0.4 is 14.8 Å². The minimum Gasteiger partial charge on any atom is -0.495 e. The summed E-state index contributed by atoms with van der Waals surface area (Å²) in [5.41, 5.74) is 0.697. The number of hydrogen-bond acceptors (Lipinski definition) is 5. The van der Waals surface area contributed by atoms with Crippen LogP contribution in [0.1, 0.15) is 0 Å². The third-order valence-electron chi connectivity index (χ3n) is 2.96. The van der Waals surface area contributed by atoms with E-state index in [1.54, 1.807) is 43.4 Å². The zero-order valence-corrected chi connectivity index (χ0v) is 12.7. The molecule has 0 saturated carbocycles. The van der Waals surface area contributed by atoms with Gasteiger partial charge in [-0.2, -0.15) is 5.10 Å². The Balaban J connectivity index is 2.00. The van der Waals surface area contributed by atoms with Crippen LogP contribution in [-0.2, 0) is 6.54 Å². The standard InChI is InChI=1S/C14H18ClN3O3/c1-20-13-7-14(21-2)12(6-11(13)15)16-8-10(19)9-18-5-3-4-17-18/h3-7,10,16,19H,8-9H2,1-2H3. The van der Waals surface area contributed by atoms with Gasteiger partial charge in [-0.25, -0.2) is 0 Å². The first kappa shape index (κ1) is 15.5. The third kappa shape index (κ3) is 4.03.